The summed E-state index contributed by atoms with van der Waals surface area (Å²) in [5.74, 6) is -0.242. The number of benzene rings is 2. The van der Waals surface area contributed by atoms with Crippen LogP contribution in [-0.2, 0) is 0 Å². The number of nitrogens with zero attached hydrogens (tertiary/aromatic N) is 5. The normalized spacial score (nSPS) is 15.9. The quantitative estimate of drug-likeness (QED) is 0.474. The second kappa shape index (κ2) is 6.46. The summed E-state index contributed by atoms with van der Waals surface area (Å²) in [6, 6.07) is 8.22. The van der Waals surface area contributed by atoms with Gasteiger partial charge in [0.15, 0.2) is 5.65 Å². The molecule has 8 nitrogen and oxygen atoms in total. The Morgan fingerprint density at radius 1 is 1.16 bits per heavy atom. The van der Waals surface area contributed by atoms with Gasteiger partial charge in [0.1, 0.15) is 29.2 Å². The molecule has 0 radical (unpaired) electrons. The van der Waals surface area contributed by atoms with Crippen LogP contribution in [-0.4, -0.2) is 35.7 Å². The summed E-state index contributed by atoms with van der Waals surface area (Å²) >= 11 is 0. The molecule has 5 aromatic rings. The maximum atomic E-state index is 14.7. The lowest BCUT2D eigenvalue weighted by Gasteiger charge is -2.26. The highest BCUT2D eigenvalue weighted by Crippen LogP contribution is 2.37. The fraction of sp³-hybridized carbons (Fsp3) is 0.143. The lowest BCUT2D eigenvalue weighted by molar-refractivity contribution is 0.251. The molecule has 1 atom stereocenters. The van der Waals surface area contributed by atoms with E-state index in [4.69, 9.17) is 4.74 Å². The van der Waals surface area contributed by atoms with Gasteiger partial charge in [-0.05, 0) is 24.3 Å². The first-order valence-electron chi connectivity index (χ1n) is 9.61. The van der Waals surface area contributed by atoms with Crippen LogP contribution in [0.4, 0.5) is 8.78 Å². The summed E-state index contributed by atoms with van der Waals surface area (Å²) in [7, 11) is 0. The Balaban J connectivity index is 1.57. The number of aromatic nitrogens is 6. The molecule has 0 unspecified atom stereocenters. The molecule has 0 fully saturated rings. The SMILES string of the molecule is O=c1[nH]c2cnc(-n3cnc4ccc(F)cc43)nc2n1[C@@H]1CCOc2cccc(F)c21. The van der Waals surface area contributed by atoms with Crippen LogP contribution in [0, 0.1) is 11.6 Å². The van der Waals surface area contributed by atoms with E-state index in [0.29, 0.717) is 46.5 Å². The van der Waals surface area contributed by atoms with Crippen LogP contribution in [0.15, 0.2) is 53.7 Å². The molecule has 0 saturated heterocycles. The highest BCUT2D eigenvalue weighted by Gasteiger charge is 2.29. The van der Waals surface area contributed by atoms with Crippen LogP contribution in [0.3, 0.4) is 0 Å². The average Bonchev–Trinajstić information content (AvgIpc) is 3.32. The summed E-state index contributed by atoms with van der Waals surface area (Å²) in [5.41, 5.74) is 1.68. The summed E-state index contributed by atoms with van der Waals surface area (Å²) < 4.78 is 37.0. The van der Waals surface area contributed by atoms with E-state index in [1.807, 2.05) is 0 Å². The molecule has 31 heavy (non-hydrogen) atoms. The van der Waals surface area contributed by atoms with Crippen LogP contribution in [0.2, 0.25) is 0 Å². The minimum absolute atomic E-state index is 0.217. The van der Waals surface area contributed by atoms with Crippen LogP contribution < -0.4 is 10.4 Å². The Morgan fingerprint density at radius 2 is 2.06 bits per heavy atom. The monoisotopic (exact) mass is 420 g/mol. The first-order chi connectivity index (χ1) is 15.1. The van der Waals surface area contributed by atoms with E-state index < -0.39 is 23.4 Å². The molecule has 0 saturated carbocycles. The molecule has 0 spiro atoms. The van der Waals surface area contributed by atoms with Crippen molar-refractivity contribution in [2.45, 2.75) is 12.5 Å². The molecule has 10 heteroatoms. The van der Waals surface area contributed by atoms with Crippen molar-refractivity contribution in [1.82, 2.24) is 29.1 Å². The van der Waals surface area contributed by atoms with Crippen molar-refractivity contribution in [2.24, 2.45) is 0 Å². The zero-order valence-electron chi connectivity index (χ0n) is 15.9. The molecule has 3 aromatic heterocycles. The molecule has 1 N–H and O–H groups in total. The van der Waals surface area contributed by atoms with E-state index >= 15 is 0 Å². The van der Waals surface area contributed by atoms with E-state index in [1.165, 1.54) is 39.9 Å². The Bertz CT molecular complexity index is 1540. The molecule has 4 heterocycles. The second-order valence-electron chi connectivity index (χ2n) is 7.26. The third-order valence-electron chi connectivity index (χ3n) is 5.48. The molecule has 0 aliphatic carbocycles. The number of fused-ring (bicyclic) bond motifs is 3. The summed E-state index contributed by atoms with van der Waals surface area (Å²) in [6.07, 6.45) is 3.37. The van der Waals surface area contributed by atoms with Gasteiger partial charge in [0.05, 0.1) is 35.4 Å². The lowest BCUT2D eigenvalue weighted by Crippen LogP contribution is -2.28. The molecule has 1 aliphatic rings. The number of rotatable bonds is 2. The predicted octanol–water partition coefficient (Wildman–Crippen LogP) is 3.11. The summed E-state index contributed by atoms with van der Waals surface area (Å²) in [6.45, 7) is 0.337. The van der Waals surface area contributed by atoms with Gasteiger partial charge in [-0.1, -0.05) is 6.07 Å². The van der Waals surface area contributed by atoms with E-state index in [-0.39, 0.29) is 5.95 Å². The highest BCUT2D eigenvalue weighted by molar-refractivity contribution is 5.77. The van der Waals surface area contributed by atoms with Gasteiger partial charge in [0, 0.05) is 12.5 Å². The van der Waals surface area contributed by atoms with Crippen LogP contribution in [0.5, 0.6) is 5.75 Å². The van der Waals surface area contributed by atoms with Crippen molar-refractivity contribution in [1.29, 1.82) is 0 Å². The molecule has 6 rings (SSSR count). The van der Waals surface area contributed by atoms with E-state index in [1.54, 1.807) is 18.2 Å². The number of hydrogen-bond donors (Lipinski definition) is 1. The first-order valence-corrected chi connectivity index (χ1v) is 9.61. The maximum Gasteiger partial charge on any atom is 0.328 e. The zero-order valence-corrected chi connectivity index (χ0v) is 15.9. The third kappa shape index (κ3) is 2.64. The van der Waals surface area contributed by atoms with E-state index in [0.717, 1.165) is 0 Å². The molecule has 1 aliphatic heterocycles. The minimum Gasteiger partial charge on any atom is -0.493 e. The number of halogens is 2. The standard InChI is InChI=1S/C21H14F2N6O2/c22-11-4-5-13-16(8-11)28(10-25-13)20-24-9-14-19(27-20)29(21(30)26-14)15-6-7-31-17-3-1-2-12(23)18(15)17/h1-5,8-10,15H,6-7H2,(H,26,30)/t15-/m1/s1. The molecule has 2 aromatic carbocycles. The van der Waals surface area contributed by atoms with Crippen molar-refractivity contribution in [2.75, 3.05) is 6.61 Å². The van der Waals surface area contributed by atoms with Gasteiger partial charge in [0.25, 0.3) is 0 Å². The van der Waals surface area contributed by atoms with Gasteiger partial charge in [-0.3, -0.25) is 9.13 Å². The molecular weight excluding hydrogens is 406 g/mol. The van der Waals surface area contributed by atoms with Gasteiger partial charge in [-0.15, -0.1) is 0 Å². The fourth-order valence-corrected chi connectivity index (χ4v) is 4.10. The maximum absolute atomic E-state index is 14.7. The lowest BCUT2D eigenvalue weighted by atomic mass is 9.99. The van der Waals surface area contributed by atoms with Crippen LogP contribution >= 0.6 is 0 Å². The predicted molar refractivity (Wildman–Crippen MR) is 107 cm³/mol. The summed E-state index contributed by atoms with van der Waals surface area (Å²) in [5, 5.41) is 0. The topological polar surface area (TPSA) is 90.6 Å². The second-order valence-corrected chi connectivity index (χ2v) is 7.26. The van der Waals surface area contributed by atoms with Crippen molar-refractivity contribution < 1.29 is 13.5 Å². The Labute approximate surface area is 172 Å². The average molecular weight is 420 g/mol. The fourth-order valence-electron chi connectivity index (χ4n) is 4.10. The summed E-state index contributed by atoms with van der Waals surface area (Å²) in [4.78, 5) is 28.6. The molecule has 154 valence electrons. The van der Waals surface area contributed by atoms with E-state index in [2.05, 4.69) is 19.9 Å². The molecular formula is C21H14F2N6O2. The smallest absolute Gasteiger partial charge is 0.328 e. The van der Waals surface area contributed by atoms with Crippen LogP contribution in [0.25, 0.3) is 28.1 Å². The Hall–Kier alpha value is -4.08. The zero-order chi connectivity index (χ0) is 21.1. The highest BCUT2D eigenvalue weighted by atomic mass is 19.1. The molecule has 0 amide bonds. The minimum atomic E-state index is -0.592. The number of aromatic amines is 1. The van der Waals surface area contributed by atoms with Gasteiger partial charge < -0.3 is 9.72 Å². The largest absolute Gasteiger partial charge is 0.493 e. The third-order valence-corrected chi connectivity index (χ3v) is 5.48. The van der Waals surface area contributed by atoms with E-state index in [9.17, 15) is 13.6 Å². The van der Waals surface area contributed by atoms with Crippen molar-refractivity contribution in [3.8, 4) is 11.7 Å². The van der Waals surface area contributed by atoms with Gasteiger partial charge >= 0.3 is 5.69 Å². The van der Waals surface area contributed by atoms with Crippen molar-refractivity contribution >= 4 is 22.2 Å². The molecule has 0 bridgehead atoms. The van der Waals surface area contributed by atoms with Crippen LogP contribution in [0.1, 0.15) is 18.0 Å². The first kappa shape index (κ1) is 17.8. The number of imidazole rings is 2. The van der Waals surface area contributed by atoms with Crippen molar-refractivity contribution in [3.05, 3.63) is 76.6 Å². The number of H-pyrrole nitrogens is 1. The number of ether oxygens (including phenoxy) is 1. The van der Waals surface area contributed by atoms with Gasteiger partial charge in [-0.2, -0.15) is 4.98 Å². The Morgan fingerprint density at radius 3 is 2.97 bits per heavy atom. The number of nitrogens with one attached hydrogen (secondary N) is 1. The van der Waals surface area contributed by atoms with Gasteiger partial charge in [0.2, 0.25) is 5.95 Å². The van der Waals surface area contributed by atoms with Crippen molar-refractivity contribution in [3.63, 3.8) is 0 Å². The Kier molecular flexibility index (Phi) is 3.70. The number of hydrogen-bond acceptors (Lipinski definition) is 5. The van der Waals surface area contributed by atoms with Gasteiger partial charge in [-0.25, -0.2) is 23.5 Å².